The minimum Gasteiger partial charge on any atom is -0.339 e. The van der Waals surface area contributed by atoms with Crippen LogP contribution in [-0.4, -0.2) is 36.3 Å². The van der Waals surface area contributed by atoms with Gasteiger partial charge in [0.25, 0.3) is 5.91 Å². The zero-order chi connectivity index (χ0) is 15.2. The van der Waals surface area contributed by atoms with E-state index in [1.54, 1.807) is 18.2 Å². The highest BCUT2D eigenvalue weighted by molar-refractivity contribution is 6.31. The van der Waals surface area contributed by atoms with Gasteiger partial charge in [-0.15, -0.1) is 0 Å². The van der Waals surface area contributed by atoms with Gasteiger partial charge >= 0.3 is 0 Å². The molecule has 1 aromatic carbocycles. The number of piperidine rings is 1. The minimum absolute atomic E-state index is 0.0607. The van der Waals surface area contributed by atoms with Crippen LogP contribution in [0.15, 0.2) is 18.2 Å². The molecule has 0 bridgehead atoms. The quantitative estimate of drug-likeness (QED) is 0.895. The Labute approximate surface area is 129 Å². The van der Waals surface area contributed by atoms with Gasteiger partial charge in [-0.2, -0.15) is 0 Å². The number of nitrogens with one attached hydrogen (secondary N) is 1. The number of benzene rings is 1. The van der Waals surface area contributed by atoms with E-state index >= 15 is 0 Å². The Bertz CT molecular complexity index is 528. The molecule has 3 N–H and O–H groups in total. The standard InChI is InChI=1S/C15H20ClN3O2/c16-11-4-5-12(13(10-11)18-14(20)6-7-17)15(21)19-8-2-1-3-9-19/h4-5,10H,1-3,6-9,17H2,(H,18,20). The molecule has 114 valence electrons. The van der Waals surface area contributed by atoms with Crippen LogP contribution in [0.1, 0.15) is 36.0 Å². The van der Waals surface area contributed by atoms with Crippen molar-refractivity contribution in [2.45, 2.75) is 25.7 Å². The van der Waals surface area contributed by atoms with Crippen LogP contribution < -0.4 is 11.1 Å². The number of nitrogens with zero attached hydrogens (tertiary/aromatic N) is 1. The third-order valence-electron chi connectivity index (χ3n) is 3.50. The van der Waals surface area contributed by atoms with Gasteiger partial charge in [-0.25, -0.2) is 0 Å². The van der Waals surface area contributed by atoms with Crippen molar-refractivity contribution >= 4 is 29.1 Å². The first-order valence-electron chi connectivity index (χ1n) is 7.20. The van der Waals surface area contributed by atoms with Crippen molar-refractivity contribution < 1.29 is 9.59 Å². The van der Waals surface area contributed by atoms with Crippen molar-refractivity contribution in [2.75, 3.05) is 25.0 Å². The number of carbonyl (C=O) groups is 2. The predicted molar refractivity (Wildman–Crippen MR) is 83.5 cm³/mol. The van der Waals surface area contributed by atoms with Gasteiger partial charge in [0.05, 0.1) is 11.3 Å². The summed E-state index contributed by atoms with van der Waals surface area (Å²) >= 11 is 5.97. The monoisotopic (exact) mass is 309 g/mol. The molecule has 1 aliphatic rings. The Morgan fingerprint density at radius 1 is 1.24 bits per heavy atom. The average molecular weight is 310 g/mol. The first-order chi connectivity index (χ1) is 10.1. The Hall–Kier alpha value is -1.59. The van der Waals surface area contributed by atoms with Crippen LogP contribution in [-0.2, 0) is 4.79 Å². The smallest absolute Gasteiger partial charge is 0.255 e. The Morgan fingerprint density at radius 2 is 1.95 bits per heavy atom. The van der Waals surface area contributed by atoms with E-state index < -0.39 is 0 Å². The van der Waals surface area contributed by atoms with Gasteiger partial charge in [0.2, 0.25) is 5.91 Å². The highest BCUT2D eigenvalue weighted by Crippen LogP contribution is 2.24. The summed E-state index contributed by atoms with van der Waals surface area (Å²) in [7, 11) is 0. The number of rotatable bonds is 4. The topological polar surface area (TPSA) is 75.4 Å². The van der Waals surface area contributed by atoms with Crippen molar-refractivity contribution in [1.82, 2.24) is 4.90 Å². The molecule has 0 radical (unpaired) electrons. The maximum atomic E-state index is 12.6. The van der Waals surface area contributed by atoms with Crippen LogP contribution in [0.4, 0.5) is 5.69 Å². The molecule has 1 aromatic rings. The largest absolute Gasteiger partial charge is 0.339 e. The average Bonchev–Trinajstić information content (AvgIpc) is 2.48. The fourth-order valence-corrected chi connectivity index (χ4v) is 2.59. The molecule has 0 spiro atoms. The lowest BCUT2D eigenvalue weighted by molar-refractivity contribution is -0.116. The molecule has 0 atom stereocenters. The maximum absolute atomic E-state index is 12.6. The van der Waals surface area contributed by atoms with Gasteiger partial charge in [0, 0.05) is 31.1 Å². The lowest BCUT2D eigenvalue weighted by Gasteiger charge is -2.27. The summed E-state index contributed by atoms with van der Waals surface area (Å²) in [5.74, 6) is -0.276. The van der Waals surface area contributed by atoms with Gasteiger partial charge in [0.1, 0.15) is 0 Å². The van der Waals surface area contributed by atoms with Crippen LogP contribution in [0, 0.1) is 0 Å². The second kappa shape index (κ2) is 7.43. The SMILES string of the molecule is NCCC(=O)Nc1cc(Cl)ccc1C(=O)N1CCCCC1. The molecule has 1 fully saturated rings. The van der Waals surface area contributed by atoms with Gasteiger partial charge in [-0.1, -0.05) is 11.6 Å². The fourth-order valence-electron chi connectivity index (χ4n) is 2.42. The molecule has 0 aromatic heterocycles. The molecule has 1 heterocycles. The second-order valence-electron chi connectivity index (χ2n) is 5.13. The molecule has 1 saturated heterocycles. The number of carbonyl (C=O) groups excluding carboxylic acids is 2. The van der Waals surface area contributed by atoms with E-state index in [4.69, 9.17) is 17.3 Å². The lowest BCUT2D eigenvalue weighted by Crippen LogP contribution is -2.36. The van der Waals surface area contributed by atoms with Crippen LogP contribution in [0.3, 0.4) is 0 Å². The number of hydrogen-bond donors (Lipinski definition) is 2. The molecule has 0 saturated carbocycles. The van der Waals surface area contributed by atoms with E-state index in [1.165, 1.54) is 0 Å². The van der Waals surface area contributed by atoms with E-state index in [2.05, 4.69) is 5.32 Å². The first-order valence-corrected chi connectivity index (χ1v) is 7.58. The molecule has 2 rings (SSSR count). The number of anilines is 1. The molecule has 2 amide bonds. The summed E-state index contributed by atoms with van der Waals surface area (Å²) in [5, 5.41) is 3.20. The zero-order valence-electron chi connectivity index (χ0n) is 11.9. The molecule has 21 heavy (non-hydrogen) atoms. The maximum Gasteiger partial charge on any atom is 0.255 e. The van der Waals surface area contributed by atoms with Crippen molar-refractivity contribution in [1.29, 1.82) is 0 Å². The summed E-state index contributed by atoms with van der Waals surface area (Å²) in [6.07, 6.45) is 3.41. The first kappa shape index (κ1) is 15.8. The van der Waals surface area contributed by atoms with Crippen LogP contribution in [0.5, 0.6) is 0 Å². The summed E-state index contributed by atoms with van der Waals surface area (Å²) < 4.78 is 0. The molecule has 0 aliphatic carbocycles. The van der Waals surface area contributed by atoms with Crippen LogP contribution >= 0.6 is 11.6 Å². The van der Waals surface area contributed by atoms with E-state index in [-0.39, 0.29) is 24.8 Å². The number of halogens is 1. The summed E-state index contributed by atoms with van der Waals surface area (Å²) in [4.78, 5) is 26.1. The molecule has 0 unspecified atom stereocenters. The fraction of sp³-hybridized carbons (Fsp3) is 0.467. The molecule has 5 nitrogen and oxygen atoms in total. The number of nitrogens with two attached hydrogens (primary N) is 1. The van der Waals surface area contributed by atoms with Crippen molar-refractivity contribution in [2.24, 2.45) is 5.73 Å². The Balaban J connectivity index is 2.21. The number of hydrogen-bond acceptors (Lipinski definition) is 3. The van der Waals surface area contributed by atoms with Crippen LogP contribution in [0.25, 0.3) is 0 Å². The second-order valence-corrected chi connectivity index (χ2v) is 5.57. The van der Waals surface area contributed by atoms with E-state index in [1.807, 2.05) is 4.90 Å². The normalized spacial score (nSPS) is 14.9. The van der Waals surface area contributed by atoms with E-state index in [0.29, 0.717) is 16.3 Å². The minimum atomic E-state index is -0.215. The van der Waals surface area contributed by atoms with Crippen molar-refractivity contribution in [3.05, 3.63) is 28.8 Å². The Morgan fingerprint density at radius 3 is 2.62 bits per heavy atom. The van der Waals surface area contributed by atoms with Gasteiger partial charge in [-0.05, 0) is 37.5 Å². The van der Waals surface area contributed by atoms with E-state index in [9.17, 15) is 9.59 Å². The van der Waals surface area contributed by atoms with Gasteiger partial charge < -0.3 is 16.0 Å². The zero-order valence-corrected chi connectivity index (χ0v) is 12.7. The van der Waals surface area contributed by atoms with Crippen LogP contribution in [0.2, 0.25) is 5.02 Å². The Kier molecular flexibility index (Phi) is 5.59. The highest BCUT2D eigenvalue weighted by Gasteiger charge is 2.21. The number of amides is 2. The molecule has 1 aliphatic heterocycles. The number of likely N-dealkylation sites (tertiary alicyclic amines) is 1. The third-order valence-corrected chi connectivity index (χ3v) is 3.74. The molecular weight excluding hydrogens is 290 g/mol. The highest BCUT2D eigenvalue weighted by atomic mass is 35.5. The molecule has 6 heteroatoms. The van der Waals surface area contributed by atoms with Gasteiger partial charge in [-0.3, -0.25) is 9.59 Å². The summed E-state index contributed by atoms with van der Waals surface area (Å²) in [5.41, 5.74) is 6.30. The van der Waals surface area contributed by atoms with Gasteiger partial charge in [0.15, 0.2) is 0 Å². The van der Waals surface area contributed by atoms with Crippen molar-refractivity contribution in [3.8, 4) is 0 Å². The molecular formula is C15H20ClN3O2. The summed E-state index contributed by atoms with van der Waals surface area (Å²) in [6, 6.07) is 4.93. The predicted octanol–water partition coefficient (Wildman–Crippen LogP) is 2.25. The lowest BCUT2D eigenvalue weighted by atomic mass is 10.1. The van der Waals surface area contributed by atoms with E-state index in [0.717, 1.165) is 32.4 Å². The third kappa shape index (κ3) is 4.19. The summed E-state index contributed by atoms with van der Waals surface area (Å²) in [6.45, 7) is 1.79. The van der Waals surface area contributed by atoms with Crippen molar-refractivity contribution in [3.63, 3.8) is 0 Å².